The average molecular weight is 313 g/mol. The zero-order valence-corrected chi connectivity index (χ0v) is 10.7. The van der Waals surface area contributed by atoms with Crippen LogP contribution in [0.3, 0.4) is 0 Å². The van der Waals surface area contributed by atoms with Gasteiger partial charge in [0.25, 0.3) is 0 Å². The normalized spacial score (nSPS) is 10.4. The van der Waals surface area contributed by atoms with Crippen molar-refractivity contribution in [3.8, 4) is 0 Å². The van der Waals surface area contributed by atoms with Gasteiger partial charge in [-0.15, -0.1) is 0 Å². The van der Waals surface area contributed by atoms with Crippen molar-refractivity contribution >= 4 is 58.3 Å². The predicted octanol–water partition coefficient (Wildman–Crippen LogP) is 2.41. The molecule has 0 saturated carbocycles. The molecule has 0 aromatic carbocycles. The molecule has 0 spiro atoms. The highest BCUT2D eigenvalue weighted by molar-refractivity contribution is 6.31. The van der Waals surface area contributed by atoms with Crippen molar-refractivity contribution in [2.45, 2.75) is 0 Å². The molecule has 17 heavy (non-hydrogen) atoms. The molecular formula is C6HCl4N7. The molecule has 0 saturated heterocycles. The van der Waals surface area contributed by atoms with E-state index in [0.29, 0.717) is 0 Å². The van der Waals surface area contributed by atoms with Gasteiger partial charge >= 0.3 is 0 Å². The van der Waals surface area contributed by atoms with E-state index in [1.54, 1.807) is 0 Å². The lowest BCUT2D eigenvalue weighted by Crippen LogP contribution is -2.04. The first-order valence-corrected chi connectivity index (χ1v) is 5.45. The van der Waals surface area contributed by atoms with Crippen molar-refractivity contribution in [3.63, 3.8) is 0 Å². The molecule has 0 fully saturated rings. The van der Waals surface area contributed by atoms with Crippen LogP contribution in [0.15, 0.2) is 0 Å². The Hall–Kier alpha value is -1.02. The third kappa shape index (κ3) is 3.47. The maximum Gasteiger partial charge on any atom is 0.235 e. The summed E-state index contributed by atoms with van der Waals surface area (Å²) in [6.07, 6.45) is 0. The Kier molecular flexibility index (Phi) is 3.72. The van der Waals surface area contributed by atoms with Gasteiger partial charge in [0.15, 0.2) is 0 Å². The fraction of sp³-hybridized carbons (Fsp3) is 0. The van der Waals surface area contributed by atoms with Crippen LogP contribution in [0.25, 0.3) is 0 Å². The molecule has 2 heterocycles. The Morgan fingerprint density at radius 3 is 1.12 bits per heavy atom. The Morgan fingerprint density at radius 2 is 0.824 bits per heavy atom. The molecule has 0 aliphatic rings. The van der Waals surface area contributed by atoms with Crippen LogP contribution in [0.5, 0.6) is 0 Å². The topological polar surface area (TPSA) is 89.4 Å². The maximum atomic E-state index is 5.59. The largest absolute Gasteiger partial charge is 0.292 e. The van der Waals surface area contributed by atoms with E-state index < -0.39 is 0 Å². The number of nitrogens with zero attached hydrogens (tertiary/aromatic N) is 6. The first kappa shape index (κ1) is 12.4. The molecule has 88 valence electrons. The highest BCUT2D eigenvalue weighted by Gasteiger charge is 2.07. The summed E-state index contributed by atoms with van der Waals surface area (Å²) in [4.78, 5) is 22.1. The van der Waals surface area contributed by atoms with Gasteiger partial charge in [-0.2, -0.15) is 29.9 Å². The van der Waals surface area contributed by atoms with Crippen LogP contribution in [-0.4, -0.2) is 29.9 Å². The molecule has 11 heteroatoms. The zero-order chi connectivity index (χ0) is 12.4. The van der Waals surface area contributed by atoms with E-state index in [9.17, 15) is 0 Å². The van der Waals surface area contributed by atoms with E-state index in [0.717, 1.165) is 0 Å². The molecule has 2 aromatic heterocycles. The molecule has 0 atom stereocenters. The summed E-state index contributed by atoms with van der Waals surface area (Å²) >= 11 is 22.3. The lowest BCUT2D eigenvalue weighted by molar-refractivity contribution is 1.01. The minimum absolute atomic E-state index is 0.0633. The smallest absolute Gasteiger partial charge is 0.235 e. The third-order valence-electron chi connectivity index (χ3n) is 1.39. The number of anilines is 2. The standard InChI is InChI=1S/C6HCl4N7/c7-1-11-2(8)14-5(13-1)17-6-15-3(9)12-4(10)16-6/h(H,11,12,13,14,15,16,17). The predicted molar refractivity (Wildman–Crippen MR) is 63.0 cm³/mol. The van der Waals surface area contributed by atoms with Crippen molar-refractivity contribution in [2.24, 2.45) is 0 Å². The van der Waals surface area contributed by atoms with E-state index in [1.165, 1.54) is 0 Å². The minimum Gasteiger partial charge on any atom is -0.292 e. The molecule has 1 N–H and O–H groups in total. The van der Waals surface area contributed by atoms with Crippen LogP contribution in [0.4, 0.5) is 11.9 Å². The van der Waals surface area contributed by atoms with E-state index in [1.807, 2.05) is 0 Å². The number of nitrogens with one attached hydrogen (secondary N) is 1. The Bertz CT molecular complexity index is 472. The summed E-state index contributed by atoms with van der Waals surface area (Å²) in [5.74, 6) is 0.127. The Labute approximate surface area is 115 Å². The quantitative estimate of drug-likeness (QED) is 0.910. The van der Waals surface area contributed by atoms with Crippen LogP contribution in [-0.2, 0) is 0 Å². The molecule has 0 bridgehead atoms. The fourth-order valence-electron chi connectivity index (χ4n) is 0.864. The van der Waals surface area contributed by atoms with Crippen molar-refractivity contribution in [1.82, 2.24) is 29.9 Å². The van der Waals surface area contributed by atoms with Gasteiger partial charge in [-0.3, -0.25) is 5.32 Å². The average Bonchev–Trinajstić information content (AvgIpc) is 2.13. The minimum atomic E-state index is -0.0706. The van der Waals surface area contributed by atoms with Gasteiger partial charge in [-0.1, -0.05) is 0 Å². The van der Waals surface area contributed by atoms with Gasteiger partial charge < -0.3 is 0 Å². The van der Waals surface area contributed by atoms with Crippen LogP contribution < -0.4 is 5.32 Å². The van der Waals surface area contributed by atoms with Gasteiger partial charge in [-0.25, -0.2) is 0 Å². The number of hydrogen-bond acceptors (Lipinski definition) is 7. The number of hydrogen-bond donors (Lipinski definition) is 1. The Balaban J connectivity index is 2.31. The molecule has 2 aromatic rings. The van der Waals surface area contributed by atoms with Gasteiger partial charge in [0.1, 0.15) is 0 Å². The first-order valence-electron chi connectivity index (χ1n) is 3.94. The first-order chi connectivity index (χ1) is 8.02. The number of halogens is 4. The lowest BCUT2D eigenvalue weighted by Gasteiger charge is -2.03. The number of aromatic nitrogens is 6. The molecule has 0 amide bonds. The molecule has 7 nitrogen and oxygen atoms in total. The zero-order valence-electron chi connectivity index (χ0n) is 7.70. The number of rotatable bonds is 2. The van der Waals surface area contributed by atoms with Gasteiger partial charge in [-0.05, 0) is 46.4 Å². The maximum absolute atomic E-state index is 5.59. The monoisotopic (exact) mass is 311 g/mol. The SMILES string of the molecule is Clc1nc(Cl)nc(Nc2nc(Cl)nc(Cl)n2)n1. The van der Waals surface area contributed by atoms with E-state index >= 15 is 0 Å². The van der Waals surface area contributed by atoms with Crippen molar-refractivity contribution in [2.75, 3.05) is 5.32 Å². The van der Waals surface area contributed by atoms with E-state index in [2.05, 4.69) is 35.2 Å². The highest BCUT2D eigenvalue weighted by atomic mass is 35.5. The van der Waals surface area contributed by atoms with Crippen LogP contribution in [0.2, 0.25) is 21.1 Å². The van der Waals surface area contributed by atoms with Crippen LogP contribution >= 0.6 is 46.4 Å². The second-order valence-electron chi connectivity index (χ2n) is 2.52. The van der Waals surface area contributed by atoms with E-state index in [4.69, 9.17) is 46.4 Å². The highest BCUT2D eigenvalue weighted by Crippen LogP contribution is 2.15. The Morgan fingerprint density at radius 1 is 0.529 bits per heavy atom. The second-order valence-corrected chi connectivity index (χ2v) is 3.87. The van der Waals surface area contributed by atoms with Crippen LogP contribution in [0.1, 0.15) is 0 Å². The van der Waals surface area contributed by atoms with Gasteiger partial charge in [0.05, 0.1) is 0 Å². The summed E-state index contributed by atoms with van der Waals surface area (Å²) in [5.41, 5.74) is 0. The lowest BCUT2D eigenvalue weighted by atomic mass is 10.8. The fourth-order valence-corrected chi connectivity index (χ4v) is 1.59. The second kappa shape index (κ2) is 5.09. The van der Waals surface area contributed by atoms with Crippen molar-refractivity contribution in [1.29, 1.82) is 0 Å². The van der Waals surface area contributed by atoms with Gasteiger partial charge in [0, 0.05) is 0 Å². The molecular weight excluding hydrogens is 312 g/mol. The molecule has 0 radical (unpaired) electrons. The summed E-state index contributed by atoms with van der Waals surface area (Å²) in [7, 11) is 0. The molecule has 2 rings (SSSR count). The molecule has 0 unspecified atom stereocenters. The van der Waals surface area contributed by atoms with Crippen molar-refractivity contribution in [3.05, 3.63) is 21.1 Å². The molecule has 0 aliphatic heterocycles. The van der Waals surface area contributed by atoms with E-state index in [-0.39, 0.29) is 33.0 Å². The molecule has 0 aliphatic carbocycles. The summed E-state index contributed by atoms with van der Waals surface area (Å²) < 4.78 is 0. The third-order valence-corrected chi connectivity index (χ3v) is 2.06. The summed E-state index contributed by atoms with van der Waals surface area (Å²) in [6, 6.07) is 0. The van der Waals surface area contributed by atoms with Gasteiger partial charge in [0.2, 0.25) is 33.0 Å². The van der Waals surface area contributed by atoms with Crippen LogP contribution in [0, 0.1) is 0 Å². The summed E-state index contributed by atoms with van der Waals surface area (Å²) in [6.45, 7) is 0. The van der Waals surface area contributed by atoms with Crippen molar-refractivity contribution < 1.29 is 0 Å². The summed E-state index contributed by atoms with van der Waals surface area (Å²) in [5, 5.41) is 2.32.